The van der Waals surface area contributed by atoms with Crippen LogP contribution in [-0.2, 0) is 10.0 Å². The number of nitrogens with one attached hydrogen (secondary N) is 1. The van der Waals surface area contributed by atoms with E-state index in [9.17, 15) is 17.2 Å². The van der Waals surface area contributed by atoms with E-state index in [1.807, 2.05) is 0 Å². The fourth-order valence-electron chi connectivity index (χ4n) is 1.01. The first-order valence-corrected chi connectivity index (χ1v) is 6.00. The van der Waals surface area contributed by atoms with Crippen molar-refractivity contribution in [3.8, 4) is 11.8 Å². The van der Waals surface area contributed by atoms with Crippen LogP contribution in [0.5, 0.6) is 0 Å². The van der Waals surface area contributed by atoms with E-state index < -0.39 is 22.4 Å². The second kappa shape index (κ2) is 5.61. The summed E-state index contributed by atoms with van der Waals surface area (Å²) in [5.41, 5.74) is 0.166. The Morgan fingerprint density at radius 3 is 2.59 bits per heavy atom. The zero-order valence-corrected chi connectivity index (χ0v) is 9.34. The summed E-state index contributed by atoms with van der Waals surface area (Å²) in [6, 6.07) is 5.81. The molecular formula is C10H9F2NO3S. The van der Waals surface area contributed by atoms with Crippen LogP contribution in [0.2, 0.25) is 0 Å². The molecule has 0 fully saturated rings. The van der Waals surface area contributed by atoms with E-state index in [4.69, 9.17) is 5.11 Å². The number of aliphatic hydroxyl groups excluding tert-OH is 1. The van der Waals surface area contributed by atoms with Crippen LogP contribution < -0.4 is 4.72 Å². The maximum atomic E-state index is 12.2. The lowest BCUT2D eigenvalue weighted by molar-refractivity contribution is 0.236. The average Bonchev–Trinajstić information content (AvgIpc) is 2.27. The van der Waals surface area contributed by atoms with E-state index in [-0.39, 0.29) is 11.3 Å². The van der Waals surface area contributed by atoms with Crippen molar-refractivity contribution in [3.63, 3.8) is 0 Å². The van der Waals surface area contributed by atoms with E-state index in [2.05, 4.69) is 11.8 Å². The lowest BCUT2D eigenvalue weighted by atomic mass is 10.2. The van der Waals surface area contributed by atoms with Crippen molar-refractivity contribution in [3.05, 3.63) is 29.8 Å². The molecule has 0 aliphatic carbocycles. The summed E-state index contributed by atoms with van der Waals surface area (Å²) in [7, 11) is -4.71. The summed E-state index contributed by atoms with van der Waals surface area (Å²) < 4.78 is 48.0. The van der Waals surface area contributed by atoms with Gasteiger partial charge in [0.25, 0.3) is 10.0 Å². The van der Waals surface area contributed by atoms with Crippen LogP contribution in [0.15, 0.2) is 24.3 Å². The van der Waals surface area contributed by atoms with Gasteiger partial charge >= 0.3 is 5.76 Å². The van der Waals surface area contributed by atoms with Crippen LogP contribution in [0, 0.1) is 11.8 Å². The molecule has 0 amide bonds. The van der Waals surface area contributed by atoms with Gasteiger partial charge in [-0.25, -0.2) is 8.42 Å². The van der Waals surface area contributed by atoms with E-state index in [0.29, 0.717) is 0 Å². The minimum Gasteiger partial charge on any atom is -0.384 e. The van der Waals surface area contributed by atoms with Gasteiger partial charge in [0.15, 0.2) is 0 Å². The fourth-order valence-corrected chi connectivity index (χ4v) is 1.59. The molecule has 0 radical (unpaired) electrons. The smallest absolute Gasteiger partial charge is 0.355 e. The predicted octanol–water partition coefficient (Wildman–Crippen LogP) is 0.995. The third kappa shape index (κ3) is 3.69. The number of benzene rings is 1. The van der Waals surface area contributed by atoms with Crippen LogP contribution in [-0.4, -0.2) is 25.9 Å². The summed E-state index contributed by atoms with van der Waals surface area (Å²) in [6.45, 7) is -0.407. The van der Waals surface area contributed by atoms with Gasteiger partial charge in [-0.05, 0) is 12.1 Å². The normalized spacial score (nSPS) is 10.8. The summed E-state index contributed by atoms with van der Waals surface area (Å²) in [6.07, 6.45) is 0. The van der Waals surface area contributed by atoms with Gasteiger partial charge in [-0.1, -0.05) is 24.0 Å². The quantitative estimate of drug-likeness (QED) is 0.797. The van der Waals surface area contributed by atoms with Gasteiger partial charge in [-0.2, -0.15) is 8.78 Å². The van der Waals surface area contributed by atoms with E-state index in [0.717, 1.165) is 0 Å². The Morgan fingerprint density at radius 1 is 1.35 bits per heavy atom. The van der Waals surface area contributed by atoms with Gasteiger partial charge in [0.05, 0.1) is 5.69 Å². The monoisotopic (exact) mass is 261 g/mol. The molecule has 0 aromatic heterocycles. The summed E-state index contributed by atoms with van der Waals surface area (Å²) in [5, 5.41) is 8.51. The van der Waals surface area contributed by atoms with Crippen molar-refractivity contribution in [1.29, 1.82) is 0 Å². The van der Waals surface area contributed by atoms with Gasteiger partial charge in [0.2, 0.25) is 0 Å². The molecule has 2 N–H and O–H groups in total. The van der Waals surface area contributed by atoms with Crippen molar-refractivity contribution >= 4 is 15.7 Å². The Labute approximate surface area is 97.3 Å². The van der Waals surface area contributed by atoms with Gasteiger partial charge in [-0.15, -0.1) is 0 Å². The van der Waals surface area contributed by atoms with Crippen LogP contribution in [0.1, 0.15) is 5.56 Å². The SMILES string of the molecule is O=S(=O)(Nc1ccccc1C#CCO)C(F)F. The molecule has 92 valence electrons. The van der Waals surface area contributed by atoms with Gasteiger partial charge in [-0.3, -0.25) is 4.72 Å². The maximum absolute atomic E-state index is 12.2. The minimum absolute atomic E-state index is 0.0475. The molecule has 0 aliphatic rings. The number of rotatable bonds is 3. The standard InChI is InChI=1S/C10H9F2NO3S/c11-10(12)17(15,16)13-9-6-2-1-4-8(9)5-3-7-14/h1-2,4,6,10,13-14H,7H2. The number of sulfonamides is 1. The summed E-state index contributed by atoms with van der Waals surface area (Å²) in [5.74, 6) is 1.24. The molecule has 0 unspecified atom stereocenters. The van der Waals surface area contributed by atoms with Crippen LogP contribution in [0.4, 0.5) is 14.5 Å². The molecule has 0 saturated heterocycles. The zero-order valence-electron chi connectivity index (χ0n) is 8.52. The first-order chi connectivity index (χ1) is 7.97. The second-order valence-corrected chi connectivity index (χ2v) is 4.56. The highest BCUT2D eigenvalue weighted by atomic mass is 32.2. The van der Waals surface area contributed by atoms with Gasteiger partial charge < -0.3 is 5.11 Å². The molecule has 0 heterocycles. The number of alkyl halides is 2. The molecule has 0 atom stereocenters. The number of halogens is 2. The Balaban J connectivity index is 3.07. The third-order valence-corrected chi connectivity index (χ3v) is 2.69. The minimum atomic E-state index is -4.71. The van der Waals surface area contributed by atoms with E-state index in [1.165, 1.54) is 18.2 Å². The van der Waals surface area contributed by atoms with E-state index >= 15 is 0 Å². The van der Waals surface area contributed by atoms with E-state index in [1.54, 1.807) is 10.8 Å². The highest BCUT2D eigenvalue weighted by Crippen LogP contribution is 2.17. The van der Waals surface area contributed by atoms with Crippen molar-refractivity contribution in [2.45, 2.75) is 5.76 Å². The Morgan fingerprint density at radius 2 is 2.00 bits per heavy atom. The number of anilines is 1. The molecule has 4 nitrogen and oxygen atoms in total. The topological polar surface area (TPSA) is 66.4 Å². The molecule has 0 saturated carbocycles. The van der Waals surface area contributed by atoms with Crippen molar-refractivity contribution in [2.24, 2.45) is 0 Å². The molecule has 7 heteroatoms. The molecule has 0 aliphatic heterocycles. The number of aliphatic hydroxyl groups is 1. The molecule has 17 heavy (non-hydrogen) atoms. The first-order valence-electron chi connectivity index (χ1n) is 4.46. The largest absolute Gasteiger partial charge is 0.384 e. The Kier molecular flexibility index (Phi) is 4.43. The molecular weight excluding hydrogens is 252 g/mol. The number of para-hydroxylation sites is 1. The molecule has 1 aromatic carbocycles. The van der Waals surface area contributed by atoms with Crippen molar-refractivity contribution in [2.75, 3.05) is 11.3 Å². The van der Waals surface area contributed by atoms with Crippen LogP contribution in [0.25, 0.3) is 0 Å². The highest BCUT2D eigenvalue weighted by Gasteiger charge is 2.24. The van der Waals surface area contributed by atoms with Gasteiger partial charge in [0.1, 0.15) is 6.61 Å². The first kappa shape index (κ1) is 13.4. The summed E-state index contributed by atoms with van der Waals surface area (Å²) >= 11 is 0. The van der Waals surface area contributed by atoms with Crippen molar-refractivity contribution in [1.82, 2.24) is 0 Å². The Bertz CT molecular complexity index is 546. The average molecular weight is 261 g/mol. The highest BCUT2D eigenvalue weighted by molar-refractivity contribution is 7.93. The fraction of sp³-hybridized carbons (Fsp3) is 0.200. The van der Waals surface area contributed by atoms with Crippen LogP contribution >= 0.6 is 0 Å². The molecule has 1 aromatic rings. The lowest BCUT2D eigenvalue weighted by Crippen LogP contribution is -2.21. The molecule has 1 rings (SSSR count). The Hall–Kier alpha value is -1.65. The second-order valence-electron chi connectivity index (χ2n) is 2.91. The predicted molar refractivity (Wildman–Crippen MR) is 59.0 cm³/mol. The number of hydrogen-bond donors (Lipinski definition) is 2. The number of hydrogen-bond acceptors (Lipinski definition) is 3. The molecule has 0 bridgehead atoms. The third-order valence-electron chi connectivity index (χ3n) is 1.72. The maximum Gasteiger partial charge on any atom is 0.355 e. The summed E-state index contributed by atoms with van der Waals surface area (Å²) in [4.78, 5) is 0. The lowest BCUT2D eigenvalue weighted by Gasteiger charge is -2.08. The van der Waals surface area contributed by atoms with Gasteiger partial charge in [0, 0.05) is 5.56 Å². The van der Waals surface area contributed by atoms with Crippen LogP contribution in [0.3, 0.4) is 0 Å². The molecule has 0 spiro atoms. The van der Waals surface area contributed by atoms with Crippen molar-refractivity contribution < 1.29 is 22.3 Å². The zero-order chi connectivity index (χ0) is 12.9.